The second kappa shape index (κ2) is 7.24. The molecule has 1 heterocycles. The van der Waals surface area contributed by atoms with Crippen molar-refractivity contribution in [2.45, 2.75) is 6.92 Å². The average molecular weight is 386 g/mol. The first-order chi connectivity index (χ1) is 14.0. The number of hydrogen-bond acceptors (Lipinski definition) is 5. The van der Waals surface area contributed by atoms with Crippen molar-refractivity contribution < 1.29 is 18.7 Å². The molecule has 0 radical (unpaired) electrons. The Morgan fingerprint density at radius 3 is 2.55 bits per heavy atom. The summed E-state index contributed by atoms with van der Waals surface area (Å²) in [5.74, 6) is -0.107. The number of benzene rings is 3. The van der Waals surface area contributed by atoms with E-state index >= 15 is 0 Å². The smallest absolute Gasteiger partial charge is 0.338 e. The number of anilines is 1. The molecule has 0 atom stereocenters. The lowest BCUT2D eigenvalue weighted by atomic mass is 9.90. The van der Waals surface area contributed by atoms with Crippen LogP contribution in [0.15, 0.2) is 65.1 Å². The van der Waals surface area contributed by atoms with Gasteiger partial charge in [-0.3, -0.25) is 4.79 Å². The van der Waals surface area contributed by atoms with Crippen molar-refractivity contribution in [2.75, 3.05) is 12.4 Å². The SMILES string of the molecule is COC(=O)c1ccccc1-c1c2ccc(=N)cc-2oc2cc(NC(C)=O)ccc12. The normalized spacial score (nSPS) is 10.8. The number of amides is 1. The Kier molecular flexibility index (Phi) is 4.60. The second-order valence-electron chi connectivity index (χ2n) is 6.62. The third-order valence-electron chi connectivity index (χ3n) is 4.64. The number of carbonyl (C=O) groups is 2. The summed E-state index contributed by atoms with van der Waals surface area (Å²) in [4.78, 5) is 23.8. The van der Waals surface area contributed by atoms with Crippen LogP contribution >= 0.6 is 0 Å². The maximum atomic E-state index is 12.4. The molecule has 0 spiro atoms. The fourth-order valence-electron chi connectivity index (χ4n) is 3.45. The molecular formula is C23H18N2O4. The van der Waals surface area contributed by atoms with Crippen LogP contribution in [0.25, 0.3) is 33.4 Å². The minimum atomic E-state index is -0.435. The van der Waals surface area contributed by atoms with Gasteiger partial charge in [0, 0.05) is 41.3 Å². The summed E-state index contributed by atoms with van der Waals surface area (Å²) >= 11 is 0. The number of fused-ring (bicyclic) bond motifs is 2. The van der Waals surface area contributed by atoms with Crippen LogP contribution in [-0.4, -0.2) is 19.0 Å². The van der Waals surface area contributed by atoms with Gasteiger partial charge in [0.1, 0.15) is 11.3 Å². The minimum absolute atomic E-state index is 0.185. The predicted molar refractivity (Wildman–Crippen MR) is 110 cm³/mol. The van der Waals surface area contributed by atoms with Crippen molar-refractivity contribution in [3.63, 3.8) is 0 Å². The Morgan fingerprint density at radius 2 is 1.79 bits per heavy atom. The highest BCUT2D eigenvalue weighted by Gasteiger charge is 2.21. The average Bonchev–Trinajstić information content (AvgIpc) is 2.70. The minimum Gasteiger partial charge on any atom is -0.465 e. The zero-order valence-corrected chi connectivity index (χ0v) is 15.9. The summed E-state index contributed by atoms with van der Waals surface area (Å²) in [7, 11) is 1.35. The largest absolute Gasteiger partial charge is 0.465 e. The predicted octanol–water partition coefficient (Wildman–Crippen LogP) is 4.43. The van der Waals surface area contributed by atoms with Gasteiger partial charge < -0.3 is 19.9 Å². The topological polar surface area (TPSA) is 92.4 Å². The Balaban J connectivity index is 2.10. The molecule has 0 fully saturated rings. The first kappa shape index (κ1) is 18.4. The summed E-state index contributed by atoms with van der Waals surface area (Å²) in [6.07, 6.45) is 0. The molecule has 29 heavy (non-hydrogen) atoms. The van der Waals surface area contributed by atoms with Gasteiger partial charge in [-0.15, -0.1) is 0 Å². The van der Waals surface area contributed by atoms with E-state index in [1.165, 1.54) is 14.0 Å². The Bertz CT molecular complexity index is 1290. The number of hydrogen-bond donors (Lipinski definition) is 2. The summed E-state index contributed by atoms with van der Waals surface area (Å²) in [6, 6.07) is 17.7. The summed E-state index contributed by atoms with van der Waals surface area (Å²) < 4.78 is 11.0. The third-order valence-corrected chi connectivity index (χ3v) is 4.64. The lowest BCUT2D eigenvalue weighted by molar-refractivity contribution is -0.114. The molecule has 6 heteroatoms. The van der Waals surface area contributed by atoms with Crippen molar-refractivity contribution in [2.24, 2.45) is 0 Å². The van der Waals surface area contributed by atoms with Gasteiger partial charge in [-0.05, 0) is 35.9 Å². The molecule has 2 aromatic carbocycles. The third kappa shape index (κ3) is 3.36. The molecule has 6 nitrogen and oxygen atoms in total. The van der Waals surface area contributed by atoms with E-state index in [1.807, 2.05) is 24.3 Å². The molecule has 0 saturated heterocycles. The highest BCUT2D eigenvalue weighted by molar-refractivity contribution is 6.08. The molecule has 2 aliphatic rings. The molecule has 1 aliphatic carbocycles. The maximum absolute atomic E-state index is 12.4. The molecular weight excluding hydrogens is 368 g/mol. The number of nitrogens with one attached hydrogen (secondary N) is 2. The van der Waals surface area contributed by atoms with E-state index in [0.717, 1.165) is 16.5 Å². The Labute approximate surface area is 166 Å². The molecule has 0 bridgehead atoms. The number of ether oxygens (including phenoxy) is 1. The van der Waals surface area contributed by atoms with Gasteiger partial charge in [0.05, 0.1) is 18.0 Å². The van der Waals surface area contributed by atoms with Gasteiger partial charge >= 0.3 is 5.97 Å². The monoisotopic (exact) mass is 386 g/mol. The zero-order valence-electron chi connectivity index (χ0n) is 15.9. The zero-order chi connectivity index (χ0) is 20.5. The number of rotatable bonds is 3. The van der Waals surface area contributed by atoms with Crippen LogP contribution < -0.4 is 10.7 Å². The van der Waals surface area contributed by atoms with Crippen molar-refractivity contribution in [1.82, 2.24) is 0 Å². The Morgan fingerprint density at radius 1 is 1.00 bits per heavy atom. The standard InChI is InChI=1S/C23H18N2O4/c1-13(26)25-15-8-10-19-21(12-15)29-20-11-14(24)7-9-18(20)22(19)16-5-3-4-6-17(16)23(27)28-2/h3-12,24H,1-2H3,(H,25,26). The molecule has 1 aliphatic heterocycles. The van der Waals surface area contributed by atoms with Crippen molar-refractivity contribution in [3.8, 4) is 22.5 Å². The number of methoxy groups -OCH3 is 1. The van der Waals surface area contributed by atoms with Crippen molar-refractivity contribution in [3.05, 3.63) is 71.6 Å². The molecule has 4 rings (SSSR count). The van der Waals surface area contributed by atoms with Crippen LogP contribution in [0.2, 0.25) is 0 Å². The lowest BCUT2D eigenvalue weighted by Crippen LogP contribution is -2.06. The van der Waals surface area contributed by atoms with Gasteiger partial charge in [0.15, 0.2) is 0 Å². The van der Waals surface area contributed by atoms with E-state index in [9.17, 15) is 9.59 Å². The number of esters is 1. The highest BCUT2D eigenvalue weighted by Crippen LogP contribution is 2.41. The number of carbonyl (C=O) groups excluding carboxylic acids is 2. The van der Waals surface area contributed by atoms with Crippen LogP contribution in [0.3, 0.4) is 0 Å². The first-order valence-corrected chi connectivity index (χ1v) is 8.98. The van der Waals surface area contributed by atoms with Crippen LogP contribution in [-0.2, 0) is 9.53 Å². The molecule has 2 N–H and O–H groups in total. The molecule has 0 aromatic heterocycles. The van der Waals surface area contributed by atoms with Gasteiger partial charge in [-0.2, -0.15) is 0 Å². The van der Waals surface area contributed by atoms with Crippen molar-refractivity contribution >= 4 is 28.5 Å². The molecule has 2 aromatic rings. The van der Waals surface area contributed by atoms with E-state index < -0.39 is 5.97 Å². The molecule has 0 saturated carbocycles. The van der Waals surface area contributed by atoms with E-state index in [-0.39, 0.29) is 5.91 Å². The van der Waals surface area contributed by atoms with Gasteiger partial charge in [-0.1, -0.05) is 18.2 Å². The van der Waals surface area contributed by atoms with E-state index in [4.69, 9.17) is 14.6 Å². The molecule has 144 valence electrons. The van der Waals surface area contributed by atoms with Crippen molar-refractivity contribution in [1.29, 1.82) is 5.41 Å². The quantitative estimate of drug-likeness (QED) is 0.402. The maximum Gasteiger partial charge on any atom is 0.338 e. The highest BCUT2D eigenvalue weighted by atomic mass is 16.5. The molecule has 0 unspecified atom stereocenters. The van der Waals surface area contributed by atoms with E-state index in [2.05, 4.69) is 5.32 Å². The fourth-order valence-corrected chi connectivity index (χ4v) is 3.45. The van der Waals surface area contributed by atoms with Crippen LogP contribution in [0.1, 0.15) is 17.3 Å². The van der Waals surface area contributed by atoms with E-state index in [1.54, 1.807) is 36.4 Å². The van der Waals surface area contributed by atoms with Crippen LogP contribution in [0, 0.1) is 5.41 Å². The van der Waals surface area contributed by atoms with Gasteiger partial charge in [0.25, 0.3) is 0 Å². The summed E-state index contributed by atoms with van der Waals surface area (Å²) in [5.41, 5.74) is 3.85. The first-order valence-electron chi connectivity index (χ1n) is 8.98. The lowest BCUT2D eigenvalue weighted by Gasteiger charge is -2.17. The van der Waals surface area contributed by atoms with Gasteiger partial charge in [-0.25, -0.2) is 4.79 Å². The van der Waals surface area contributed by atoms with Gasteiger partial charge in [0.2, 0.25) is 5.91 Å². The summed E-state index contributed by atoms with van der Waals surface area (Å²) in [5, 5.41) is 11.8. The fraction of sp³-hybridized carbons (Fsp3) is 0.0870. The van der Waals surface area contributed by atoms with Crippen LogP contribution in [0.4, 0.5) is 5.69 Å². The second-order valence-corrected chi connectivity index (χ2v) is 6.62. The van der Waals surface area contributed by atoms with Crippen LogP contribution in [0.5, 0.6) is 0 Å². The summed E-state index contributed by atoms with van der Waals surface area (Å²) in [6.45, 7) is 1.44. The van der Waals surface area contributed by atoms with E-state index in [0.29, 0.717) is 33.5 Å². The molecule has 1 amide bonds. The Hall–Kier alpha value is -3.93.